The van der Waals surface area contributed by atoms with Crippen molar-refractivity contribution in [2.24, 2.45) is 7.05 Å². The second kappa shape index (κ2) is 8.59. The largest absolute Gasteiger partial charge is 0.464 e. The average molecular weight is 402 g/mol. The van der Waals surface area contributed by atoms with Crippen LogP contribution in [0.15, 0.2) is 24.3 Å². The monoisotopic (exact) mass is 402 g/mol. The average Bonchev–Trinajstić information content (AvgIpc) is 2.89. The van der Waals surface area contributed by atoms with Crippen molar-refractivity contribution in [2.75, 3.05) is 7.11 Å². The van der Waals surface area contributed by atoms with Crippen molar-refractivity contribution in [2.45, 2.75) is 46.7 Å². The molecule has 2 rings (SSSR count). The number of Topliss-reactive ketones (excluding diaryl/α,β-unsaturated/α-hetero) is 1. The van der Waals surface area contributed by atoms with E-state index in [4.69, 9.17) is 4.74 Å². The van der Waals surface area contributed by atoms with Gasteiger partial charge in [0.25, 0.3) is 5.91 Å². The van der Waals surface area contributed by atoms with Crippen LogP contribution in [-0.2, 0) is 11.8 Å². The molecule has 1 heterocycles. The quantitative estimate of drug-likeness (QED) is 0.546. The van der Waals surface area contributed by atoms with Crippen LogP contribution in [0.25, 0.3) is 0 Å². The number of benzene rings is 1. The van der Waals surface area contributed by atoms with E-state index >= 15 is 0 Å². The van der Waals surface area contributed by atoms with Crippen LogP contribution in [-0.4, -0.2) is 46.3 Å². The van der Waals surface area contributed by atoms with E-state index in [1.807, 2.05) is 13.8 Å². The fourth-order valence-corrected chi connectivity index (χ4v) is 3.66. The Hall–Kier alpha value is -2.96. The van der Waals surface area contributed by atoms with E-state index in [-0.39, 0.29) is 17.7 Å². The summed E-state index contributed by atoms with van der Waals surface area (Å²) in [5.41, 5.74) is 2.15. The van der Waals surface area contributed by atoms with Crippen LogP contribution in [0.1, 0.15) is 63.2 Å². The number of hydrogen-bond donors (Lipinski definition) is 0. The van der Waals surface area contributed by atoms with Crippen LogP contribution < -0.4 is 0 Å². The van der Waals surface area contributed by atoms with Crippen molar-refractivity contribution in [1.82, 2.24) is 9.47 Å². The first kappa shape index (κ1) is 22.3. The fraction of sp³-hybridized carbons (Fsp3) is 0.409. The zero-order chi connectivity index (χ0) is 22.0. The molecule has 0 saturated carbocycles. The number of carbonyl (C=O) groups excluding carboxylic acids is 3. The number of rotatable bonds is 6. The molecule has 29 heavy (non-hydrogen) atoms. The fourth-order valence-electron chi connectivity index (χ4n) is 3.66. The third kappa shape index (κ3) is 4.09. The highest BCUT2D eigenvalue weighted by atomic mass is 19.1. The number of aromatic nitrogens is 1. The predicted molar refractivity (Wildman–Crippen MR) is 108 cm³/mol. The Balaban J connectivity index is 2.47. The van der Waals surface area contributed by atoms with Gasteiger partial charge in [0.1, 0.15) is 11.5 Å². The molecule has 2 aromatic rings. The van der Waals surface area contributed by atoms with Gasteiger partial charge in [-0.3, -0.25) is 9.59 Å². The van der Waals surface area contributed by atoms with Gasteiger partial charge in [0.2, 0.25) is 0 Å². The van der Waals surface area contributed by atoms with E-state index in [9.17, 15) is 18.8 Å². The number of halogens is 1. The summed E-state index contributed by atoms with van der Waals surface area (Å²) < 4.78 is 19.7. The molecular formula is C22H27FN2O4. The van der Waals surface area contributed by atoms with Crippen molar-refractivity contribution >= 4 is 17.7 Å². The van der Waals surface area contributed by atoms with Gasteiger partial charge in [-0.05, 0) is 64.4 Å². The Morgan fingerprint density at radius 2 is 1.62 bits per heavy atom. The highest BCUT2D eigenvalue weighted by Crippen LogP contribution is 2.25. The summed E-state index contributed by atoms with van der Waals surface area (Å²) in [7, 11) is 2.98. The lowest BCUT2D eigenvalue weighted by Gasteiger charge is -2.32. The van der Waals surface area contributed by atoms with Gasteiger partial charge in [-0.1, -0.05) is 0 Å². The smallest absolute Gasteiger partial charge is 0.354 e. The molecule has 0 aliphatic rings. The second-order valence-corrected chi connectivity index (χ2v) is 7.34. The van der Waals surface area contributed by atoms with Crippen LogP contribution >= 0.6 is 0 Å². The number of esters is 1. The van der Waals surface area contributed by atoms with Crippen LogP contribution in [0.5, 0.6) is 0 Å². The highest BCUT2D eigenvalue weighted by molar-refractivity contribution is 6.07. The molecule has 0 aliphatic heterocycles. The minimum Gasteiger partial charge on any atom is -0.464 e. The molecule has 1 aromatic heterocycles. The van der Waals surface area contributed by atoms with E-state index in [1.54, 1.807) is 32.4 Å². The summed E-state index contributed by atoms with van der Waals surface area (Å²) in [4.78, 5) is 40.0. The molecule has 1 aromatic carbocycles. The van der Waals surface area contributed by atoms with Gasteiger partial charge in [0, 0.05) is 29.9 Å². The molecule has 7 heteroatoms. The molecule has 1 amide bonds. The van der Waals surface area contributed by atoms with Gasteiger partial charge >= 0.3 is 5.97 Å². The van der Waals surface area contributed by atoms with Crippen molar-refractivity contribution in [3.8, 4) is 0 Å². The number of methoxy groups -OCH3 is 1. The van der Waals surface area contributed by atoms with E-state index in [0.29, 0.717) is 28.1 Å². The minimum atomic E-state index is -0.780. The van der Waals surface area contributed by atoms with Crippen LogP contribution in [0.4, 0.5) is 4.39 Å². The van der Waals surface area contributed by atoms with Gasteiger partial charge in [0.15, 0.2) is 5.78 Å². The number of ketones is 1. The van der Waals surface area contributed by atoms with E-state index < -0.39 is 17.8 Å². The molecular weight excluding hydrogens is 375 g/mol. The lowest BCUT2D eigenvalue weighted by atomic mass is 9.98. The van der Waals surface area contributed by atoms with Crippen molar-refractivity contribution < 1.29 is 23.5 Å². The third-order valence-electron chi connectivity index (χ3n) is 5.23. The Labute approximate surface area is 170 Å². The first-order valence-electron chi connectivity index (χ1n) is 9.39. The molecule has 1 atom stereocenters. The van der Waals surface area contributed by atoms with Gasteiger partial charge in [-0.15, -0.1) is 0 Å². The summed E-state index contributed by atoms with van der Waals surface area (Å²) in [6.07, 6.45) is 0. The number of amides is 1. The lowest BCUT2D eigenvalue weighted by molar-refractivity contribution is 0.0565. The first-order chi connectivity index (χ1) is 13.5. The summed E-state index contributed by atoms with van der Waals surface area (Å²) in [5.74, 6) is -1.59. The molecule has 6 nitrogen and oxygen atoms in total. The molecule has 0 saturated heterocycles. The molecule has 0 radical (unpaired) electrons. The maximum absolute atomic E-state index is 13.4. The van der Waals surface area contributed by atoms with Gasteiger partial charge in [-0.25, -0.2) is 9.18 Å². The van der Waals surface area contributed by atoms with Gasteiger partial charge in [0.05, 0.1) is 13.2 Å². The SMILES string of the molecule is COC(=O)c1c(C)c(C(=O)[C@H](C)N(C(=O)c2ccc(F)cc2)C(C)C)c(C)n1C. The Bertz CT molecular complexity index is 945. The lowest BCUT2D eigenvalue weighted by Crippen LogP contribution is -2.47. The maximum Gasteiger partial charge on any atom is 0.354 e. The van der Waals surface area contributed by atoms with Crippen LogP contribution in [0, 0.1) is 19.7 Å². The number of carbonyl (C=O) groups is 3. The summed E-state index contributed by atoms with van der Waals surface area (Å²) in [5, 5.41) is 0. The zero-order valence-corrected chi connectivity index (χ0v) is 17.9. The molecule has 0 fully saturated rings. The first-order valence-corrected chi connectivity index (χ1v) is 9.39. The molecule has 0 unspecified atom stereocenters. The van der Waals surface area contributed by atoms with Crippen molar-refractivity contribution in [3.05, 3.63) is 58.2 Å². The Morgan fingerprint density at radius 3 is 2.10 bits per heavy atom. The van der Waals surface area contributed by atoms with Gasteiger partial charge < -0.3 is 14.2 Å². The number of hydrogen-bond acceptors (Lipinski definition) is 4. The molecule has 156 valence electrons. The standard InChI is InChI=1S/C22H27FN2O4/c1-12(2)25(21(27)16-8-10-17(23)11-9-16)15(5)20(26)18-13(3)19(22(28)29-7)24(6)14(18)4/h8-12,15H,1-7H3/t15-/m0/s1. The maximum atomic E-state index is 13.4. The Morgan fingerprint density at radius 1 is 1.07 bits per heavy atom. The number of nitrogens with zero attached hydrogens (tertiary/aromatic N) is 2. The third-order valence-corrected chi connectivity index (χ3v) is 5.23. The summed E-state index contributed by atoms with van der Waals surface area (Å²) in [6.45, 7) is 8.74. The highest BCUT2D eigenvalue weighted by Gasteiger charge is 2.33. The minimum absolute atomic E-state index is 0.268. The zero-order valence-electron chi connectivity index (χ0n) is 17.9. The Kier molecular flexibility index (Phi) is 6.62. The molecule has 0 spiro atoms. The summed E-state index contributed by atoms with van der Waals surface area (Å²) in [6, 6.07) is 4.18. The van der Waals surface area contributed by atoms with Crippen molar-refractivity contribution in [1.29, 1.82) is 0 Å². The molecule has 0 N–H and O–H groups in total. The summed E-state index contributed by atoms with van der Waals surface area (Å²) >= 11 is 0. The predicted octanol–water partition coefficient (Wildman–Crippen LogP) is 3.69. The topological polar surface area (TPSA) is 68.6 Å². The second-order valence-electron chi connectivity index (χ2n) is 7.34. The van der Waals surface area contributed by atoms with E-state index in [0.717, 1.165) is 0 Å². The van der Waals surface area contributed by atoms with Crippen molar-refractivity contribution in [3.63, 3.8) is 0 Å². The normalized spacial score (nSPS) is 12.0. The molecule has 0 bridgehead atoms. The van der Waals surface area contributed by atoms with E-state index in [2.05, 4.69) is 0 Å². The van der Waals surface area contributed by atoms with E-state index in [1.165, 1.54) is 36.3 Å². The van der Waals surface area contributed by atoms with Gasteiger partial charge in [-0.2, -0.15) is 0 Å². The molecule has 0 aliphatic carbocycles. The number of ether oxygens (including phenoxy) is 1. The van der Waals surface area contributed by atoms with Crippen LogP contribution in [0.2, 0.25) is 0 Å². The van der Waals surface area contributed by atoms with Crippen LogP contribution in [0.3, 0.4) is 0 Å².